The molecule has 0 spiro atoms. The van der Waals surface area contributed by atoms with Gasteiger partial charge in [0.05, 0.1) is 0 Å². The van der Waals surface area contributed by atoms with E-state index in [9.17, 15) is 4.79 Å². The third-order valence-electron chi connectivity index (χ3n) is 3.48. The molecule has 1 saturated carbocycles. The van der Waals surface area contributed by atoms with Crippen molar-refractivity contribution in [2.75, 3.05) is 0 Å². The summed E-state index contributed by atoms with van der Waals surface area (Å²) < 4.78 is 0. The lowest BCUT2D eigenvalue weighted by Crippen LogP contribution is -2.31. The minimum absolute atomic E-state index is 0.482. The summed E-state index contributed by atoms with van der Waals surface area (Å²) in [6.07, 6.45) is 2.78. The number of carbonyl (C=O) groups is 1. The highest BCUT2D eigenvalue weighted by Gasteiger charge is 2.32. The van der Waals surface area contributed by atoms with Crippen LogP contribution in [0.2, 0.25) is 0 Å². The predicted octanol–water partition coefficient (Wildman–Crippen LogP) is 3.28. The number of carbonyl (C=O) groups excluding carboxylic acids is 1. The molecular formula is C12H22O. The van der Waals surface area contributed by atoms with E-state index in [0.717, 1.165) is 31.1 Å². The first-order valence-corrected chi connectivity index (χ1v) is 5.54. The fraction of sp³-hybridized carbons (Fsp3) is 0.917. The molecule has 76 valence electrons. The SMILES string of the molecule is CC(C)[C@H]1CCC(=O)C[C@H]1C(C)C. The van der Waals surface area contributed by atoms with Gasteiger partial charge in [-0.2, -0.15) is 0 Å². The van der Waals surface area contributed by atoms with Gasteiger partial charge >= 0.3 is 0 Å². The van der Waals surface area contributed by atoms with Crippen LogP contribution in [0.25, 0.3) is 0 Å². The van der Waals surface area contributed by atoms with Crippen molar-refractivity contribution in [3.8, 4) is 0 Å². The lowest BCUT2D eigenvalue weighted by atomic mass is 9.69. The molecule has 0 aromatic rings. The Bertz CT molecular complexity index is 182. The summed E-state index contributed by atoms with van der Waals surface area (Å²) in [5, 5.41) is 0. The molecule has 2 atom stereocenters. The summed E-state index contributed by atoms with van der Waals surface area (Å²) >= 11 is 0. The minimum atomic E-state index is 0.482. The van der Waals surface area contributed by atoms with Crippen LogP contribution in [0.3, 0.4) is 0 Å². The second-order valence-corrected chi connectivity index (χ2v) is 5.10. The van der Waals surface area contributed by atoms with Crippen molar-refractivity contribution in [3.63, 3.8) is 0 Å². The molecule has 13 heavy (non-hydrogen) atoms. The lowest BCUT2D eigenvalue weighted by Gasteiger charge is -2.36. The van der Waals surface area contributed by atoms with E-state index in [1.165, 1.54) is 0 Å². The molecule has 0 N–H and O–H groups in total. The quantitative estimate of drug-likeness (QED) is 0.640. The van der Waals surface area contributed by atoms with Gasteiger partial charge in [-0.3, -0.25) is 4.79 Å². The van der Waals surface area contributed by atoms with Crippen LogP contribution in [0.5, 0.6) is 0 Å². The Hall–Kier alpha value is -0.330. The van der Waals surface area contributed by atoms with Crippen molar-refractivity contribution < 1.29 is 4.79 Å². The summed E-state index contributed by atoms with van der Waals surface area (Å²) in [6.45, 7) is 9.07. The number of ketones is 1. The molecule has 1 rings (SSSR count). The van der Waals surface area contributed by atoms with Gasteiger partial charge in [-0.05, 0) is 30.1 Å². The van der Waals surface area contributed by atoms with Crippen LogP contribution < -0.4 is 0 Å². The summed E-state index contributed by atoms with van der Waals surface area (Å²) in [7, 11) is 0. The van der Waals surface area contributed by atoms with Crippen molar-refractivity contribution in [1.29, 1.82) is 0 Å². The van der Waals surface area contributed by atoms with E-state index in [1.807, 2.05) is 0 Å². The zero-order valence-electron chi connectivity index (χ0n) is 9.34. The molecule has 0 heterocycles. The van der Waals surface area contributed by atoms with Gasteiger partial charge in [-0.15, -0.1) is 0 Å². The zero-order chi connectivity index (χ0) is 10.0. The van der Waals surface area contributed by atoms with Gasteiger partial charge in [0.1, 0.15) is 5.78 Å². The van der Waals surface area contributed by atoms with E-state index in [4.69, 9.17) is 0 Å². The molecule has 0 aromatic carbocycles. The van der Waals surface area contributed by atoms with Crippen LogP contribution in [0.1, 0.15) is 47.0 Å². The maximum atomic E-state index is 11.3. The van der Waals surface area contributed by atoms with Crippen LogP contribution >= 0.6 is 0 Å². The molecule has 1 aliphatic carbocycles. The number of hydrogen-bond acceptors (Lipinski definition) is 1. The molecular weight excluding hydrogens is 160 g/mol. The molecule has 0 amide bonds. The van der Waals surface area contributed by atoms with Gasteiger partial charge in [-0.1, -0.05) is 27.7 Å². The normalized spacial score (nSPS) is 30.2. The van der Waals surface area contributed by atoms with E-state index in [0.29, 0.717) is 17.6 Å². The Kier molecular flexibility index (Phi) is 3.52. The smallest absolute Gasteiger partial charge is 0.133 e. The first-order valence-electron chi connectivity index (χ1n) is 5.54. The average Bonchev–Trinajstić information content (AvgIpc) is 2.03. The van der Waals surface area contributed by atoms with E-state index in [2.05, 4.69) is 27.7 Å². The van der Waals surface area contributed by atoms with E-state index in [1.54, 1.807) is 0 Å². The minimum Gasteiger partial charge on any atom is -0.300 e. The molecule has 1 heteroatoms. The average molecular weight is 182 g/mol. The van der Waals surface area contributed by atoms with E-state index in [-0.39, 0.29) is 0 Å². The maximum absolute atomic E-state index is 11.3. The molecule has 1 nitrogen and oxygen atoms in total. The Morgan fingerprint density at radius 2 is 1.62 bits per heavy atom. The Morgan fingerprint density at radius 3 is 2.08 bits per heavy atom. The van der Waals surface area contributed by atoms with Crippen LogP contribution in [0.4, 0.5) is 0 Å². The van der Waals surface area contributed by atoms with Crippen molar-refractivity contribution in [1.82, 2.24) is 0 Å². The monoisotopic (exact) mass is 182 g/mol. The van der Waals surface area contributed by atoms with Gasteiger partial charge < -0.3 is 0 Å². The molecule has 0 bridgehead atoms. The summed E-state index contributed by atoms with van der Waals surface area (Å²) in [5.41, 5.74) is 0. The van der Waals surface area contributed by atoms with Gasteiger partial charge in [0.15, 0.2) is 0 Å². The summed E-state index contributed by atoms with van der Waals surface area (Å²) in [5.74, 6) is 3.30. The van der Waals surface area contributed by atoms with Gasteiger partial charge in [0.2, 0.25) is 0 Å². The molecule has 0 saturated heterocycles. The molecule has 0 radical (unpaired) electrons. The topological polar surface area (TPSA) is 17.1 Å². The van der Waals surface area contributed by atoms with Gasteiger partial charge in [0, 0.05) is 12.8 Å². The largest absolute Gasteiger partial charge is 0.300 e. The number of hydrogen-bond donors (Lipinski definition) is 0. The first-order chi connectivity index (χ1) is 6.02. The van der Waals surface area contributed by atoms with Crippen molar-refractivity contribution >= 4 is 5.78 Å². The van der Waals surface area contributed by atoms with Crippen LogP contribution in [-0.4, -0.2) is 5.78 Å². The Labute approximate surface area is 81.9 Å². The van der Waals surface area contributed by atoms with E-state index < -0.39 is 0 Å². The molecule has 1 fully saturated rings. The Balaban J connectivity index is 2.66. The highest BCUT2D eigenvalue weighted by atomic mass is 16.1. The van der Waals surface area contributed by atoms with Crippen molar-refractivity contribution in [2.45, 2.75) is 47.0 Å². The second kappa shape index (κ2) is 4.26. The fourth-order valence-electron chi connectivity index (χ4n) is 2.62. The predicted molar refractivity (Wildman–Crippen MR) is 55.5 cm³/mol. The van der Waals surface area contributed by atoms with E-state index >= 15 is 0 Å². The van der Waals surface area contributed by atoms with Crippen molar-refractivity contribution in [2.24, 2.45) is 23.7 Å². The third kappa shape index (κ3) is 2.55. The molecule has 0 unspecified atom stereocenters. The highest BCUT2D eigenvalue weighted by Crippen LogP contribution is 2.37. The standard InChI is InChI=1S/C12H22O/c1-8(2)11-6-5-10(13)7-12(11)9(3)4/h8-9,11-12H,5-7H2,1-4H3/t11-,12+/m1/s1. The van der Waals surface area contributed by atoms with Gasteiger partial charge in [-0.25, -0.2) is 0 Å². The van der Waals surface area contributed by atoms with Crippen molar-refractivity contribution in [3.05, 3.63) is 0 Å². The van der Waals surface area contributed by atoms with Crippen LogP contribution in [0.15, 0.2) is 0 Å². The highest BCUT2D eigenvalue weighted by molar-refractivity contribution is 5.79. The molecule has 1 aliphatic rings. The maximum Gasteiger partial charge on any atom is 0.133 e. The second-order valence-electron chi connectivity index (χ2n) is 5.10. The number of Topliss-reactive ketones (excluding diaryl/α,β-unsaturated/α-hetero) is 1. The summed E-state index contributed by atoms with van der Waals surface area (Å²) in [4.78, 5) is 11.3. The van der Waals surface area contributed by atoms with Crippen LogP contribution in [-0.2, 0) is 4.79 Å². The fourth-order valence-corrected chi connectivity index (χ4v) is 2.62. The first kappa shape index (κ1) is 10.7. The number of rotatable bonds is 2. The lowest BCUT2D eigenvalue weighted by molar-refractivity contribution is -0.123. The molecule has 0 aromatic heterocycles. The van der Waals surface area contributed by atoms with Crippen LogP contribution in [0, 0.1) is 23.7 Å². The van der Waals surface area contributed by atoms with Gasteiger partial charge in [0.25, 0.3) is 0 Å². The summed E-state index contributed by atoms with van der Waals surface area (Å²) in [6, 6.07) is 0. The Morgan fingerprint density at radius 1 is 1.08 bits per heavy atom. The molecule has 0 aliphatic heterocycles. The third-order valence-corrected chi connectivity index (χ3v) is 3.48. The zero-order valence-corrected chi connectivity index (χ0v) is 9.34.